The summed E-state index contributed by atoms with van der Waals surface area (Å²) in [6.07, 6.45) is -0.637. The molecule has 0 unspecified atom stereocenters. The molecule has 7 heteroatoms. The van der Waals surface area contributed by atoms with Crippen LogP contribution in [0.2, 0.25) is 0 Å². The number of halogens is 1. The molecular weight excluding hydrogens is 365 g/mol. The zero-order valence-electron chi connectivity index (χ0n) is 15.5. The fourth-order valence-electron chi connectivity index (χ4n) is 2.72. The lowest BCUT2D eigenvalue weighted by Gasteiger charge is -2.13. The second-order valence-electron chi connectivity index (χ2n) is 6.47. The summed E-state index contributed by atoms with van der Waals surface area (Å²) in [5.41, 5.74) is 3.04. The molecule has 142 valence electrons. The van der Waals surface area contributed by atoms with Crippen LogP contribution in [-0.2, 0) is 7.05 Å². The highest BCUT2D eigenvalue weighted by atomic mass is 32.2. The summed E-state index contributed by atoms with van der Waals surface area (Å²) in [6, 6.07) is 12.1. The molecule has 1 N–H and O–H groups in total. The summed E-state index contributed by atoms with van der Waals surface area (Å²) < 4.78 is 20.6. The number of aryl methyl sites for hydroxylation is 2. The maximum Gasteiger partial charge on any atom is 0.191 e. The smallest absolute Gasteiger partial charge is 0.191 e. The fourth-order valence-corrected chi connectivity index (χ4v) is 3.53. The number of aromatic nitrogens is 3. The molecule has 3 aromatic rings. The lowest BCUT2D eigenvalue weighted by molar-refractivity contribution is 0.126. The molecule has 1 atom stereocenters. The average molecular weight is 387 g/mol. The van der Waals surface area contributed by atoms with Crippen LogP contribution in [0.5, 0.6) is 5.75 Å². The van der Waals surface area contributed by atoms with Gasteiger partial charge in [0.1, 0.15) is 18.2 Å². The highest BCUT2D eigenvalue weighted by molar-refractivity contribution is 7.99. The van der Waals surface area contributed by atoms with Gasteiger partial charge < -0.3 is 14.4 Å². The van der Waals surface area contributed by atoms with Crippen molar-refractivity contribution in [2.45, 2.75) is 25.1 Å². The van der Waals surface area contributed by atoms with E-state index in [1.165, 1.54) is 23.9 Å². The number of hydrogen-bond acceptors (Lipinski definition) is 5. The largest absolute Gasteiger partial charge is 0.491 e. The molecule has 0 radical (unpaired) electrons. The summed E-state index contributed by atoms with van der Waals surface area (Å²) in [5.74, 6) is 1.55. The first kappa shape index (κ1) is 19.4. The second-order valence-corrected chi connectivity index (χ2v) is 7.46. The Bertz CT molecular complexity index is 892. The van der Waals surface area contributed by atoms with Gasteiger partial charge in [-0.2, -0.15) is 0 Å². The third-order valence-electron chi connectivity index (χ3n) is 3.98. The van der Waals surface area contributed by atoms with Crippen LogP contribution in [0, 0.1) is 19.7 Å². The van der Waals surface area contributed by atoms with Gasteiger partial charge in [0.2, 0.25) is 0 Å². The van der Waals surface area contributed by atoms with E-state index >= 15 is 0 Å². The Morgan fingerprint density at radius 2 is 1.78 bits per heavy atom. The van der Waals surface area contributed by atoms with Crippen LogP contribution < -0.4 is 4.74 Å². The number of aliphatic hydroxyl groups is 1. The van der Waals surface area contributed by atoms with Gasteiger partial charge in [0, 0.05) is 18.4 Å². The van der Waals surface area contributed by atoms with Gasteiger partial charge in [-0.25, -0.2) is 4.39 Å². The minimum atomic E-state index is -0.637. The number of nitrogens with zero attached hydrogens (tertiary/aromatic N) is 3. The Kier molecular flexibility index (Phi) is 6.13. The van der Waals surface area contributed by atoms with Gasteiger partial charge in [-0.3, -0.25) is 0 Å². The van der Waals surface area contributed by atoms with Crippen molar-refractivity contribution in [2.24, 2.45) is 7.05 Å². The van der Waals surface area contributed by atoms with Crippen molar-refractivity contribution < 1.29 is 14.2 Å². The standard InChI is InChI=1S/C20H22FN3O2S/c1-13-8-14(2)10-18(9-13)26-11-17(25)12-27-20-23-22-19(24(20)3)15-4-6-16(21)7-5-15/h4-10,17,25H,11-12H2,1-3H3/t17-/m1/s1. The maximum absolute atomic E-state index is 13.1. The first-order valence-electron chi connectivity index (χ1n) is 8.59. The summed E-state index contributed by atoms with van der Waals surface area (Å²) >= 11 is 1.40. The summed E-state index contributed by atoms with van der Waals surface area (Å²) in [6.45, 7) is 4.23. The Morgan fingerprint density at radius 3 is 2.44 bits per heavy atom. The van der Waals surface area contributed by atoms with Gasteiger partial charge in [-0.15, -0.1) is 10.2 Å². The molecule has 5 nitrogen and oxygen atoms in total. The molecular formula is C20H22FN3O2S. The fraction of sp³-hybridized carbons (Fsp3) is 0.300. The van der Waals surface area contributed by atoms with Crippen molar-refractivity contribution in [1.29, 1.82) is 0 Å². The quantitative estimate of drug-likeness (QED) is 0.626. The molecule has 1 heterocycles. The van der Waals surface area contributed by atoms with E-state index < -0.39 is 6.10 Å². The van der Waals surface area contributed by atoms with Gasteiger partial charge in [-0.1, -0.05) is 17.8 Å². The monoisotopic (exact) mass is 387 g/mol. The van der Waals surface area contributed by atoms with Crippen molar-refractivity contribution in [3.05, 3.63) is 59.4 Å². The van der Waals surface area contributed by atoms with Gasteiger partial charge in [0.25, 0.3) is 0 Å². The average Bonchev–Trinajstić information content (AvgIpc) is 2.99. The van der Waals surface area contributed by atoms with Gasteiger partial charge >= 0.3 is 0 Å². The summed E-state index contributed by atoms with van der Waals surface area (Å²) in [5, 5.41) is 19.2. The van der Waals surface area contributed by atoms with E-state index in [1.807, 2.05) is 37.6 Å². The Hall–Kier alpha value is -2.38. The molecule has 0 spiro atoms. The molecule has 0 aliphatic heterocycles. The van der Waals surface area contributed by atoms with Crippen molar-refractivity contribution in [1.82, 2.24) is 14.8 Å². The van der Waals surface area contributed by atoms with Crippen molar-refractivity contribution in [2.75, 3.05) is 12.4 Å². The molecule has 0 aliphatic carbocycles. The molecule has 0 amide bonds. The third kappa shape index (κ3) is 5.08. The van der Waals surface area contributed by atoms with Gasteiger partial charge in [-0.05, 0) is 61.4 Å². The van der Waals surface area contributed by atoms with Crippen molar-refractivity contribution in [3.63, 3.8) is 0 Å². The normalized spacial score (nSPS) is 12.2. The number of thioether (sulfide) groups is 1. The molecule has 0 saturated heterocycles. The molecule has 0 aliphatic rings. The van der Waals surface area contributed by atoms with E-state index in [0.717, 1.165) is 22.4 Å². The zero-order chi connectivity index (χ0) is 19.4. The Balaban J connectivity index is 1.56. The van der Waals surface area contributed by atoms with E-state index in [1.54, 1.807) is 12.1 Å². The highest BCUT2D eigenvalue weighted by Gasteiger charge is 2.14. The molecule has 0 bridgehead atoms. The molecule has 0 fully saturated rings. The maximum atomic E-state index is 13.1. The molecule has 0 saturated carbocycles. The lowest BCUT2D eigenvalue weighted by Crippen LogP contribution is -2.20. The van der Waals surface area contributed by atoms with Crippen molar-refractivity contribution >= 4 is 11.8 Å². The van der Waals surface area contributed by atoms with Crippen LogP contribution in [0.25, 0.3) is 11.4 Å². The first-order chi connectivity index (χ1) is 12.9. The van der Waals surface area contributed by atoms with E-state index in [0.29, 0.717) is 16.7 Å². The third-order valence-corrected chi connectivity index (χ3v) is 5.14. The van der Waals surface area contributed by atoms with Gasteiger partial charge in [0.05, 0.1) is 6.10 Å². The molecule has 3 rings (SSSR count). The van der Waals surface area contributed by atoms with E-state index in [-0.39, 0.29) is 12.4 Å². The lowest BCUT2D eigenvalue weighted by atomic mass is 10.1. The number of aliphatic hydroxyl groups excluding tert-OH is 1. The predicted molar refractivity (Wildman–Crippen MR) is 105 cm³/mol. The minimum Gasteiger partial charge on any atom is -0.491 e. The van der Waals surface area contributed by atoms with Crippen LogP contribution in [-0.4, -0.2) is 38.3 Å². The number of ether oxygens (including phenoxy) is 1. The number of hydrogen-bond donors (Lipinski definition) is 1. The Morgan fingerprint density at radius 1 is 1.11 bits per heavy atom. The van der Waals surface area contributed by atoms with E-state index in [4.69, 9.17) is 4.74 Å². The van der Waals surface area contributed by atoms with E-state index in [9.17, 15) is 9.50 Å². The van der Waals surface area contributed by atoms with Crippen LogP contribution in [0.15, 0.2) is 47.6 Å². The van der Waals surface area contributed by atoms with Crippen LogP contribution in [0.3, 0.4) is 0 Å². The van der Waals surface area contributed by atoms with Crippen LogP contribution in [0.4, 0.5) is 4.39 Å². The highest BCUT2D eigenvalue weighted by Crippen LogP contribution is 2.23. The SMILES string of the molecule is Cc1cc(C)cc(OC[C@@H](O)CSc2nnc(-c3ccc(F)cc3)n2C)c1. The molecule has 27 heavy (non-hydrogen) atoms. The number of benzene rings is 2. The van der Waals surface area contributed by atoms with Crippen LogP contribution >= 0.6 is 11.8 Å². The van der Waals surface area contributed by atoms with Gasteiger partial charge in [0.15, 0.2) is 11.0 Å². The summed E-state index contributed by atoms with van der Waals surface area (Å²) in [7, 11) is 1.85. The summed E-state index contributed by atoms with van der Waals surface area (Å²) in [4.78, 5) is 0. The van der Waals surface area contributed by atoms with Crippen LogP contribution in [0.1, 0.15) is 11.1 Å². The topological polar surface area (TPSA) is 60.2 Å². The molecule has 1 aromatic heterocycles. The van der Waals surface area contributed by atoms with E-state index in [2.05, 4.69) is 16.3 Å². The molecule has 2 aromatic carbocycles. The number of rotatable bonds is 7. The second kappa shape index (κ2) is 8.54. The minimum absolute atomic E-state index is 0.207. The predicted octanol–water partition coefficient (Wildman–Crippen LogP) is 3.77. The Labute approximate surface area is 162 Å². The van der Waals surface area contributed by atoms with Crippen molar-refractivity contribution in [3.8, 4) is 17.1 Å². The first-order valence-corrected chi connectivity index (χ1v) is 9.58. The zero-order valence-corrected chi connectivity index (χ0v) is 16.3.